The summed E-state index contributed by atoms with van der Waals surface area (Å²) in [7, 11) is 0. The monoisotopic (exact) mass is 658 g/mol. The SMILES string of the molecule is CCC1(C(=O)OCC2CCC(n3ccc(=O)[nH]c3=O)O2)CCCCC1.O=C(OCC1CCC(n2ccc(=O)[nH]c2=O)O1)C1CCCC1. The highest BCUT2D eigenvalue weighted by molar-refractivity contribution is 5.77. The van der Waals surface area contributed by atoms with Crippen molar-refractivity contribution in [3.05, 3.63) is 66.2 Å². The van der Waals surface area contributed by atoms with Gasteiger partial charge in [-0.1, -0.05) is 39.0 Å². The van der Waals surface area contributed by atoms with Crippen molar-refractivity contribution in [1.82, 2.24) is 19.1 Å². The second-order valence-corrected chi connectivity index (χ2v) is 13.0. The molecular formula is C33H46N4O10. The molecule has 0 aromatic carbocycles. The highest BCUT2D eigenvalue weighted by atomic mass is 16.6. The maximum Gasteiger partial charge on any atom is 0.330 e. The van der Waals surface area contributed by atoms with E-state index >= 15 is 0 Å². The minimum atomic E-state index is -0.485. The van der Waals surface area contributed by atoms with Crippen LogP contribution >= 0.6 is 0 Å². The molecular weight excluding hydrogens is 612 g/mol. The molecule has 4 unspecified atom stereocenters. The fourth-order valence-corrected chi connectivity index (χ4v) is 7.04. The summed E-state index contributed by atoms with van der Waals surface area (Å²) in [5, 5.41) is 0. The highest BCUT2D eigenvalue weighted by Gasteiger charge is 2.40. The average molecular weight is 659 g/mol. The van der Waals surface area contributed by atoms with Crippen molar-refractivity contribution in [2.45, 2.75) is 121 Å². The Morgan fingerprint density at radius 3 is 1.74 bits per heavy atom. The summed E-state index contributed by atoms with van der Waals surface area (Å²) >= 11 is 0. The number of aromatic amines is 2. The van der Waals surface area contributed by atoms with Gasteiger partial charge in [-0.05, 0) is 57.8 Å². The van der Waals surface area contributed by atoms with Crippen LogP contribution in [0.4, 0.5) is 0 Å². The van der Waals surface area contributed by atoms with E-state index in [4.69, 9.17) is 18.9 Å². The van der Waals surface area contributed by atoms with Crippen LogP contribution in [0.15, 0.2) is 43.7 Å². The zero-order valence-corrected chi connectivity index (χ0v) is 27.0. The average Bonchev–Trinajstić information content (AvgIpc) is 3.86. The van der Waals surface area contributed by atoms with Gasteiger partial charge in [-0.25, -0.2) is 9.59 Å². The van der Waals surface area contributed by atoms with Crippen LogP contribution in [-0.4, -0.2) is 56.5 Å². The van der Waals surface area contributed by atoms with Crippen LogP contribution in [0.25, 0.3) is 0 Å². The lowest BCUT2D eigenvalue weighted by Crippen LogP contribution is -2.36. The third-order valence-electron chi connectivity index (χ3n) is 9.91. The van der Waals surface area contributed by atoms with Gasteiger partial charge >= 0.3 is 23.3 Å². The molecule has 4 atom stereocenters. The molecule has 2 aromatic heterocycles. The van der Waals surface area contributed by atoms with Crippen LogP contribution in [0.2, 0.25) is 0 Å². The van der Waals surface area contributed by atoms with Crippen molar-refractivity contribution in [3.63, 3.8) is 0 Å². The number of hydrogen-bond acceptors (Lipinski definition) is 10. The Hall–Kier alpha value is -3.78. The quantitative estimate of drug-likeness (QED) is 0.380. The van der Waals surface area contributed by atoms with E-state index < -0.39 is 35.0 Å². The van der Waals surface area contributed by atoms with Crippen molar-refractivity contribution in [2.24, 2.45) is 11.3 Å². The van der Waals surface area contributed by atoms with Gasteiger partial charge < -0.3 is 18.9 Å². The predicted octanol–water partition coefficient (Wildman–Crippen LogP) is 3.07. The molecule has 47 heavy (non-hydrogen) atoms. The molecule has 2 aromatic rings. The van der Waals surface area contributed by atoms with Gasteiger partial charge in [0.1, 0.15) is 25.7 Å². The van der Waals surface area contributed by atoms with E-state index in [2.05, 4.69) is 16.9 Å². The third kappa shape index (κ3) is 8.78. The minimum absolute atomic E-state index is 0.0408. The molecule has 0 spiro atoms. The van der Waals surface area contributed by atoms with Crippen LogP contribution in [0.3, 0.4) is 0 Å². The fraction of sp³-hybridized carbons (Fsp3) is 0.697. The van der Waals surface area contributed by atoms with Crippen molar-refractivity contribution >= 4 is 11.9 Å². The molecule has 4 fully saturated rings. The van der Waals surface area contributed by atoms with E-state index in [-0.39, 0.29) is 48.7 Å². The molecule has 0 amide bonds. The third-order valence-corrected chi connectivity index (χ3v) is 9.91. The standard InChI is InChI=1S/C18H26N2O5.C15H20N2O5/c1-2-18(9-4-3-5-10-18)16(22)24-12-13-6-7-15(25-13)20-11-8-14(21)19-17(20)23;18-12-7-8-17(15(20)16-12)13-6-5-11(22-13)9-21-14(19)10-3-1-2-4-10/h8,11,13,15H,2-7,9-10,12H2,1H3,(H,19,21,23);7-8,10-11,13H,1-6,9H2,(H,16,18,20). The van der Waals surface area contributed by atoms with Gasteiger partial charge in [0.05, 0.1) is 23.5 Å². The highest BCUT2D eigenvalue weighted by Crippen LogP contribution is 2.40. The van der Waals surface area contributed by atoms with Gasteiger partial charge in [-0.15, -0.1) is 0 Å². The number of hydrogen-bond donors (Lipinski definition) is 2. The Kier molecular flexibility index (Phi) is 11.7. The second kappa shape index (κ2) is 15.9. The fourth-order valence-electron chi connectivity index (χ4n) is 7.04. The van der Waals surface area contributed by atoms with Crippen molar-refractivity contribution in [2.75, 3.05) is 13.2 Å². The van der Waals surface area contributed by atoms with Crippen LogP contribution in [-0.2, 0) is 28.5 Å². The molecule has 2 saturated heterocycles. The zero-order chi connectivity index (χ0) is 33.4. The predicted molar refractivity (Wildman–Crippen MR) is 169 cm³/mol. The van der Waals surface area contributed by atoms with Crippen LogP contribution in [0.5, 0.6) is 0 Å². The maximum atomic E-state index is 12.6. The Labute approximate surface area is 271 Å². The smallest absolute Gasteiger partial charge is 0.330 e. The lowest BCUT2D eigenvalue weighted by atomic mass is 9.72. The van der Waals surface area contributed by atoms with Crippen molar-refractivity contribution in [1.29, 1.82) is 0 Å². The Morgan fingerprint density at radius 1 is 0.745 bits per heavy atom. The van der Waals surface area contributed by atoms with Gasteiger partial charge in [-0.3, -0.25) is 38.3 Å². The van der Waals surface area contributed by atoms with E-state index in [1.165, 1.54) is 40.1 Å². The first kappa shape index (κ1) is 34.6. The first-order valence-electron chi connectivity index (χ1n) is 16.9. The number of carbonyl (C=O) groups is 2. The van der Waals surface area contributed by atoms with Crippen molar-refractivity contribution in [3.8, 4) is 0 Å². The Bertz CT molecular complexity index is 1600. The van der Waals surface area contributed by atoms with Gasteiger partial charge in [0, 0.05) is 24.5 Å². The van der Waals surface area contributed by atoms with E-state index in [0.717, 1.165) is 57.8 Å². The zero-order valence-electron chi connectivity index (χ0n) is 27.0. The molecule has 14 heteroatoms. The van der Waals surface area contributed by atoms with Gasteiger partial charge in [0.2, 0.25) is 0 Å². The number of nitrogens with one attached hydrogen (secondary N) is 2. The largest absolute Gasteiger partial charge is 0.463 e. The lowest BCUT2D eigenvalue weighted by molar-refractivity contribution is -0.163. The van der Waals surface area contributed by atoms with Crippen LogP contribution < -0.4 is 22.5 Å². The summed E-state index contributed by atoms with van der Waals surface area (Å²) in [6.07, 6.45) is 14.3. The van der Waals surface area contributed by atoms with Crippen LogP contribution in [0, 0.1) is 11.3 Å². The summed E-state index contributed by atoms with van der Waals surface area (Å²) in [6, 6.07) is 2.59. The van der Waals surface area contributed by atoms with Gasteiger partial charge in [-0.2, -0.15) is 0 Å². The van der Waals surface area contributed by atoms with E-state index in [0.29, 0.717) is 25.7 Å². The number of carbonyl (C=O) groups excluding carboxylic acids is 2. The summed E-state index contributed by atoms with van der Waals surface area (Å²) in [6.45, 7) is 2.50. The normalized spacial score (nSPS) is 25.6. The number of rotatable bonds is 9. The molecule has 4 aliphatic rings. The summed E-state index contributed by atoms with van der Waals surface area (Å²) in [4.78, 5) is 74.6. The number of H-pyrrole nitrogens is 2. The molecule has 4 heterocycles. The van der Waals surface area contributed by atoms with E-state index in [9.17, 15) is 28.8 Å². The van der Waals surface area contributed by atoms with Gasteiger partial charge in [0.25, 0.3) is 11.1 Å². The first-order valence-corrected chi connectivity index (χ1v) is 16.9. The molecule has 2 aliphatic heterocycles. The molecule has 6 rings (SSSR count). The number of nitrogens with zero attached hydrogens (tertiary/aromatic N) is 2. The van der Waals surface area contributed by atoms with E-state index in [1.807, 2.05) is 0 Å². The molecule has 2 N–H and O–H groups in total. The maximum absolute atomic E-state index is 12.6. The van der Waals surface area contributed by atoms with Crippen molar-refractivity contribution < 1.29 is 28.5 Å². The Morgan fingerprint density at radius 2 is 1.26 bits per heavy atom. The minimum Gasteiger partial charge on any atom is -0.463 e. The second-order valence-electron chi connectivity index (χ2n) is 13.0. The van der Waals surface area contributed by atoms with Gasteiger partial charge in [0.15, 0.2) is 0 Å². The molecule has 14 nitrogen and oxygen atoms in total. The molecule has 258 valence electrons. The number of ether oxygens (including phenoxy) is 4. The topological polar surface area (TPSA) is 181 Å². The number of esters is 2. The molecule has 2 saturated carbocycles. The van der Waals surface area contributed by atoms with E-state index in [1.54, 1.807) is 0 Å². The summed E-state index contributed by atoms with van der Waals surface area (Å²) < 4.78 is 25.2. The van der Waals surface area contributed by atoms with Crippen LogP contribution in [0.1, 0.15) is 109 Å². The first-order chi connectivity index (χ1) is 22.7. The number of aromatic nitrogens is 4. The summed E-state index contributed by atoms with van der Waals surface area (Å²) in [5.74, 6) is -0.201. The lowest BCUT2D eigenvalue weighted by Gasteiger charge is -2.34. The Balaban J connectivity index is 0.000000186. The summed E-state index contributed by atoms with van der Waals surface area (Å²) in [5.41, 5.74) is -2.15. The molecule has 0 bridgehead atoms. The molecule has 2 aliphatic carbocycles. The molecule has 0 radical (unpaired) electrons.